The summed E-state index contributed by atoms with van der Waals surface area (Å²) in [5, 5.41) is 2.67. The van der Waals surface area contributed by atoms with Gasteiger partial charge < -0.3 is 10.5 Å². The van der Waals surface area contributed by atoms with Crippen LogP contribution in [0.15, 0.2) is 30.3 Å². The van der Waals surface area contributed by atoms with Gasteiger partial charge in [-0.05, 0) is 31.0 Å². The number of amides is 1. The molecule has 0 radical (unpaired) electrons. The van der Waals surface area contributed by atoms with Gasteiger partial charge in [-0.15, -0.1) is 0 Å². The van der Waals surface area contributed by atoms with Crippen LogP contribution in [0, 0.1) is 6.92 Å². The highest BCUT2D eigenvalue weighted by Crippen LogP contribution is 2.12. The number of hydrogen-bond donors (Lipinski definition) is 2. The third-order valence-corrected chi connectivity index (χ3v) is 2.91. The topological polar surface area (TPSA) is 90.1 Å². The average Bonchev–Trinajstić information content (AvgIpc) is 2.46. The fourth-order valence-electron chi connectivity index (χ4n) is 1.83. The Bertz CT molecular complexity index is 626. The number of carbonyl (C=O) groups is 1. The number of hydrogen-bond acceptors (Lipinski definition) is 5. The first kappa shape index (κ1) is 14.8. The van der Waals surface area contributed by atoms with Gasteiger partial charge in [-0.3, -0.25) is 10.1 Å². The largest absolute Gasteiger partial charge is 0.481 e. The van der Waals surface area contributed by atoms with Crippen LogP contribution in [0.25, 0.3) is 0 Å². The van der Waals surface area contributed by atoms with Gasteiger partial charge in [0.25, 0.3) is 0 Å². The summed E-state index contributed by atoms with van der Waals surface area (Å²) < 4.78 is 5.04. The summed E-state index contributed by atoms with van der Waals surface area (Å²) in [6.45, 7) is 1.81. The van der Waals surface area contributed by atoms with Crippen molar-refractivity contribution in [3.05, 3.63) is 41.6 Å². The molecule has 0 aliphatic carbocycles. The zero-order valence-corrected chi connectivity index (χ0v) is 12.1. The molecule has 110 valence electrons. The van der Waals surface area contributed by atoms with Gasteiger partial charge in [-0.2, -0.15) is 4.98 Å². The van der Waals surface area contributed by atoms with Crippen LogP contribution in [0.5, 0.6) is 5.88 Å². The number of aromatic nitrogens is 2. The summed E-state index contributed by atoms with van der Waals surface area (Å²) in [4.78, 5) is 20.1. The summed E-state index contributed by atoms with van der Waals surface area (Å²) in [5.74, 6) is 0.546. The number of methoxy groups -OCH3 is 1. The smallest absolute Gasteiger partial charge is 0.232 e. The van der Waals surface area contributed by atoms with Crippen LogP contribution in [0.4, 0.5) is 11.6 Å². The van der Waals surface area contributed by atoms with E-state index in [0.717, 1.165) is 11.3 Å². The third kappa shape index (κ3) is 4.45. The second-order valence-electron chi connectivity index (χ2n) is 4.67. The Morgan fingerprint density at radius 2 is 2.00 bits per heavy atom. The van der Waals surface area contributed by atoms with Crippen LogP contribution < -0.4 is 15.8 Å². The molecule has 0 saturated carbocycles. The Morgan fingerprint density at radius 1 is 1.29 bits per heavy atom. The van der Waals surface area contributed by atoms with E-state index in [1.54, 1.807) is 6.07 Å². The molecule has 6 nitrogen and oxygen atoms in total. The second kappa shape index (κ2) is 6.69. The van der Waals surface area contributed by atoms with E-state index in [4.69, 9.17) is 10.5 Å². The predicted molar refractivity (Wildman–Crippen MR) is 81.1 cm³/mol. The number of carbonyl (C=O) groups excluding carboxylic acids is 1. The van der Waals surface area contributed by atoms with Gasteiger partial charge in [0.05, 0.1) is 7.11 Å². The molecule has 21 heavy (non-hydrogen) atoms. The van der Waals surface area contributed by atoms with Gasteiger partial charge in [0.1, 0.15) is 0 Å². The predicted octanol–water partition coefficient (Wildman–Crippen LogP) is 1.95. The highest BCUT2D eigenvalue weighted by atomic mass is 16.5. The van der Waals surface area contributed by atoms with Crippen LogP contribution in [0.3, 0.4) is 0 Å². The summed E-state index contributed by atoms with van der Waals surface area (Å²) in [5.41, 5.74) is 8.12. The van der Waals surface area contributed by atoms with Crippen molar-refractivity contribution in [1.29, 1.82) is 0 Å². The van der Waals surface area contributed by atoms with Crippen molar-refractivity contribution >= 4 is 17.5 Å². The fourth-order valence-corrected chi connectivity index (χ4v) is 1.83. The maximum atomic E-state index is 11.9. The fraction of sp³-hybridized carbons (Fsp3) is 0.267. The van der Waals surface area contributed by atoms with E-state index < -0.39 is 0 Å². The lowest BCUT2D eigenvalue weighted by molar-refractivity contribution is -0.116. The number of aryl methyl sites for hydroxylation is 2. The first-order valence-corrected chi connectivity index (χ1v) is 6.61. The quantitative estimate of drug-likeness (QED) is 0.820. The molecule has 1 aromatic carbocycles. The average molecular weight is 286 g/mol. The highest BCUT2D eigenvalue weighted by molar-refractivity contribution is 5.89. The number of nitrogens with one attached hydrogen (secondary N) is 1. The van der Waals surface area contributed by atoms with Crippen LogP contribution in [0.1, 0.15) is 17.7 Å². The summed E-state index contributed by atoms with van der Waals surface area (Å²) >= 11 is 0. The van der Waals surface area contributed by atoms with E-state index in [9.17, 15) is 4.79 Å². The van der Waals surface area contributed by atoms with Crippen LogP contribution >= 0.6 is 0 Å². The number of anilines is 2. The zero-order valence-electron chi connectivity index (χ0n) is 12.1. The monoisotopic (exact) mass is 286 g/mol. The molecular weight excluding hydrogens is 268 g/mol. The van der Waals surface area contributed by atoms with Gasteiger partial charge >= 0.3 is 0 Å². The minimum Gasteiger partial charge on any atom is -0.481 e. The molecule has 0 bridgehead atoms. The number of rotatable bonds is 5. The molecule has 0 aliphatic rings. The lowest BCUT2D eigenvalue weighted by Crippen LogP contribution is -2.15. The molecule has 0 fully saturated rings. The van der Waals surface area contributed by atoms with Gasteiger partial charge in [-0.25, -0.2) is 4.98 Å². The van der Waals surface area contributed by atoms with Crippen molar-refractivity contribution < 1.29 is 9.53 Å². The second-order valence-corrected chi connectivity index (χ2v) is 4.67. The van der Waals surface area contributed by atoms with E-state index in [1.165, 1.54) is 7.11 Å². The maximum Gasteiger partial charge on any atom is 0.232 e. The van der Waals surface area contributed by atoms with Crippen molar-refractivity contribution in [3.63, 3.8) is 0 Å². The van der Waals surface area contributed by atoms with Gasteiger partial charge in [0.2, 0.25) is 17.7 Å². The van der Waals surface area contributed by atoms with Crippen LogP contribution in [-0.4, -0.2) is 23.0 Å². The molecule has 6 heteroatoms. The normalized spacial score (nSPS) is 10.2. The van der Waals surface area contributed by atoms with Crippen molar-refractivity contribution in [1.82, 2.24) is 9.97 Å². The van der Waals surface area contributed by atoms with Gasteiger partial charge in [0, 0.05) is 23.9 Å². The number of nitrogens with zero attached hydrogens (tertiary/aromatic N) is 2. The Morgan fingerprint density at radius 3 is 2.67 bits per heavy atom. The van der Waals surface area contributed by atoms with E-state index in [-0.39, 0.29) is 11.9 Å². The molecule has 1 heterocycles. The molecular formula is C15H18N4O2. The van der Waals surface area contributed by atoms with Crippen LogP contribution in [-0.2, 0) is 11.2 Å². The highest BCUT2D eigenvalue weighted by Gasteiger charge is 2.07. The first-order valence-electron chi connectivity index (χ1n) is 6.61. The molecule has 1 aromatic heterocycles. The summed E-state index contributed by atoms with van der Waals surface area (Å²) in [6.07, 6.45) is 0.985. The molecule has 0 spiro atoms. The minimum absolute atomic E-state index is 0.139. The van der Waals surface area contributed by atoms with Crippen molar-refractivity contribution in [3.8, 4) is 5.88 Å². The summed E-state index contributed by atoms with van der Waals surface area (Å²) in [7, 11) is 1.52. The molecule has 0 saturated heterocycles. The van der Waals surface area contributed by atoms with Crippen molar-refractivity contribution in [2.24, 2.45) is 0 Å². The standard InChI is InChI=1S/C15H18N4O2/c1-10-9-14(21-2)19-15(17-10)18-13(20)8-5-11-3-6-12(16)7-4-11/h3-4,6-7,9H,5,8,16H2,1-2H3,(H,17,18,19,20). The molecule has 2 aromatic rings. The summed E-state index contributed by atoms with van der Waals surface area (Å²) in [6, 6.07) is 9.16. The van der Waals surface area contributed by atoms with E-state index in [1.807, 2.05) is 31.2 Å². The van der Waals surface area contributed by atoms with Gasteiger partial charge in [-0.1, -0.05) is 12.1 Å². The molecule has 0 aliphatic heterocycles. The van der Waals surface area contributed by atoms with E-state index >= 15 is 0 Å². The zero-order chi connectivity index (χ0) is 15.2. The minimum atomic E-state index is -0.139. The Hall–Kier alpha value is -2.63. The molecule has 3 N–H and O–H groups in total. The molecule has 0 atom stereocenters. The van der Waals surface area contributed by atoms with Gasteiger partial charge in [0.15, 0.2) is 0 Å². The number of nitrogens with two attached hydrogens (primary N) is 1. The molecule has 1 amide bonds. The Balaban J connectivity index is 1.92. The SMILES string of the molecule is COc1cc(C)nc(NC(=O)CCc2ccc(N)cc2)n1. The first-order chi connectivity index (χ1) is 10.1. The maximum absolute atomic E-state index is 11.9. The van der Waals surface area contributed by atoms with Crippen molar-refractivity contribution in [2.75, 3.05) is 18.2 Å². The van der Waals surface area contributed by atoms with Crippen molar-refractivity contribution in [2.45, 2.75) is 19.8 Å². The van der Waals surface area contributed by atoms with E-state index in [2.05, 4.69) is 15.3 Å². The van der Waals surface area contributed by atoms with E-state index in [0.29, 0.717) is 24.4 Å². The lowest BCUT2D eigenvalue weighted by atomic mass is 10.1. The lowest BCUT2D eigenvalue weighted by Gasteiger charge is -2.06. The molecule has 2 rings (SSSR count). The molecule has 0 unspecified atom stereocenters. The third-order valence-electron chi connectivity index (χ3n) is 2.91. The Kier molecular flexibility index (Phi) is 4.71. The Labute approximate surface area is 123 Å². The number of benzene rings is 1. The number of nitrogen functional groups attached to an aromatic ring is 1. The number of ether oxygens (including phenoxy) is 1. The van der Waals surface area contributed by atoms with Crippen LogP contribution in [0.2, 0.25) is 0 Å².